The predicted molar refractivity (Wildman–Crippen MR) is 122 cm³/mol. The van der Waals surface area contributed by atoms with Crippen molar-refractivity contribution in [2.75, 3.05) is 33.3 Å². The van der Waals surface area contributed by atoms with Crippen LogP contribution in [0.3, 0.4) is 0 Å². The van der Waals surface area contributed by atoms with Gasteiger partial charge in [-0.15, -0.1) is 24.0 Å². The zero-order valence-corrected chi connectivity index (χ0v) is 19.8. The standard InChI is InChI=1S/C20H34N4O3.HI/c1-20(2,3)23-18(25)15-24(4)19(21-11-10-16-9-7-13-26-16)22-14-17-8-5-6-12-27-17;/h7,9,13,17H,5-6,8,10-12,14-15H2,1-4H3,(H,21,22)(H,23,25);1H. The highest BCUT2D eigenvalue weighted by Crippen LogP contribution is 2.12. The van der Waals surface area contributed by atoms with Crippen molar-refractivity contribution >= 4 is 35.8 Å². The van der Waals surface area contributed by atoms with Crippen molar-refractivity contribution < 1.29 is 13.9 Å². The molecule has 8 heteroatoms. The molecule has 0 aromatic carbocycles. The maximum atomic E-state index is 12.3. The molecule has 1 atom stereocenters. The molecule has 28 heavy (non-hydrogen) atoms. The lowest BCUT2D eigenvalue weighted by Crippen LogP contribution is -2.49. The van der Waals surface area contributed by atoms with Gasteiger partial charge in [-0.3, -0.25) is 9.79 Å². The Morgan fingerprint density at radius 3 is 2.75 bits per heavy atom. The molecule has 160 valence electrons. The van der Waals surface area contributed by atoms with Crippen LogP contribution in [0.4, 0.5) is 0 Å². The van der Waals surface area contributed by atoms with E-state index in [-0.39, 0.29) is 48.1 Å². The van der Waals surface area contributed by atoms with Gasteiger partial charge in [-0.25, -0.2) is 0 Å². The smallest absolute Gasteiger partial charge is 0.240 e. The molecule has 2 N–H and O–H groups in total. The number of hydrogen-bond acceptors (Lipinski definition) is 4. The van der Waals surface area contributed by atoms with E-state index in [0.29, 0.717) is 19.0 Å². The molecule has 0 radical (unpaired) electrons. The molecule has 0 spiro atoms. The highest BCUT2D eigenvalue weighted by atomic mass is 127. The summed E-state index contributed by atoms with van der Waals surface area (Å²) in [5.41, 5.74) is -0.252. The summed E-state index contributed by atoms with van der Waals surface area (Å²) in [6, 6.07) is 3.84. The van der Waals surface area contributed by atoms with E-state index in [1.165, 1.54) is 6.42 Å². The molecule has 1 aliphatic rings. The molecule has 1 aromatic rings. The van der Waals surface area contributed by atoms with E-state index in [9.17, 15) is 4.79 Å². The van der Waals surface area contributed by atoms with Crippen LogP contribution in [-0.2, 0) is 16.0 Å². The van der Waals surface area contributed by atoms with E-state index in [4.69, 9.17) is 14.1 Å². The fourth-order valence-electron chi connectivity index (χ4n) is 2.95. The van der Waals surface area contributed by atoms with Gasteiger partial charge in [-0.2, -0.15) is 0 Å². The molecular weight excluding hydrogens is 471 g/mol. The van der Waals surface area contributed by atoms with E-state index >= 15 is 0 Å². The number of carbonyl (C=O) groups is 1. The summed E-state index contributed by atoms with van der Waals surface area (Å²) in [6.07, 6.45) is 5.95. The Morgan fingerprint density at radius 1 is 1.36 bits per heavy atom. The summed E-state index contributed by atoms with van der Waals surface area (Å²) in [5, 5.41) is 6.33. The number of guanidine groups is 1. The summed E-state index contributed by atoms with van der Waals surface area (Å²) >= 11 is 0. The molecule has 1 saturated heterocycles. The van der Waals surface area contributed by atoms with Crippen LogP contribution in [0, 0.1) is 0 Å². The molecule has 0 bridgehead atoms. The van der Waals surface area contributed by atoms with Crippen LogP contribution in [0.5, 0.6) is 0 Å². The largest absolute Gasteiger partial charge is 0.469 e. The van der Waals surface area contributed by atoms with Crippen LogP contribution in [0.2, 0.25) is 0 Å². The van der Waals surface area contributed by atoms with Crippen molar-refractivity contribution in [3.63, 3.8) is 0 Å². The average Bonchev–Trinajstić information content (AvgIpc) is 3.10. The van der Waals surface area contributed by atoms with Crippen LogP contribution in [0.15, 0.2) is 27.8 Å². The third kappa shape index (κ3) is 9.77. The Balaban J connectivity index is 0.00000392. The Morgan fingerprint density at radius 2 is 2.14 bits per heavy atom. The first kappa shape index (κ1) is 24.7. The lowest BCUT2D eigenvalue weighted by Gasteiger charge is -2.26. The third-order valence-electron chi connectivity index (χ3n) is 4.21. The second kappa shape index (κ2) is 12.3. The van der Waals surface area contributed by atoms with Gasteiger partial charge in [0, 0.05) is 32.2 Å². The van der Waals surface area contributed by atoms with E-state index < -0.39 is 0 Å². The number of nitrogens with one attached hydrogen (secondary N) is 2. The molecule has 1 fully saturated rings. The molecule has 0 aliphatic carbocycles. The molecule has 2 heterocycles. The maximum Gasteiger partial charge on any atom is 0.240 e. The summed E-state index contributed by atoms with van der Waals surface area (Å²) in [4.78, 5) is 18.8. The summed E-state index contributed by atoms with van der Waals surface area (Å²) in [6.45, 7) is 8.27. The average molecular weight is 506 g/mol. The van der Waals surface area contributed by atoms with Gasteiger partial charge in [0.15, 0.2) is 5.96 Å². The van der Waals surface area contributed by atoms with Crippen molar-refractivity contribution in [1.82, 2.24) is 15.5 Å². The van der Waals surface area contributed by atoms with Gasteiger partial charge < -0.3 is 24.7 Å². The Labute approximate surface area is 185 Å². The second-order valence-corrected chi connectivity index (χ2v) is 8.06. The minimum Gasteiger partial charge on any atom is -0.469 e. The number of aliphatic imine (C=N–C) groups is 1. The van der Waals surface area contributed by atoms with Crippen molar-refractivity contribution in [3.05, 3.63) is 24.2 Å². The number of nitrogens with zero attached hydrogens (tertiary/aromatic N) is 2. The number of hydrogen-bond donors (Lipinski definition) is 2. The van der Waals surface area contributed by atoms with Crippen molar-refractivity contribution in [2.24, 2.45) is 4.99 Å². The van der Waals surface area contributed by atoms with Crippen molar-refractivity contribution in [1.29, 1.82) is 0 Å². The van der Waals surface area contributed by atoms with Crippen LogP contribution in [-0.4, -0.2) is 61.7 Å². The van der Waals surface area contributed by atoms with E-state index in [1.54, 1.807) is 6.26 Å². The minimum absolute atomic E-state index is 0. The van der Waals surface area contributed by atoms with Gasteiger partial charge in [-0.05, 0) is 52.2 Å². The third-order valence-corrected chi connectivity index (χ3v) is 4.21. The number of ether oxygens (including phenoxy) is 1. The van der Waals surface area contributed by atoms with E-state index in [1.807, 2.05) is 44.9 Å². The van der Waals surface area contributed by atoms with Gasteiger partial charge in [0.2, 0.25) is 5.91 Å². The molecular formula is C20H35IN4O3. The van der Waals surface area contributed by atoms with Gasteiger partial charge in [-0.1, -0.05) is 0 Å². The van der Waals surface area contributed by atoms with Gasteiger partial charge >= 0.3 is 0 Å². The number of amides is 1. The molecule has 1 aliphatic heterocycles. The molecule has 1 amide bonds. The number of carbonyl (C=O) groups excluding carboxylic acids is 1. The second-order valence-electron chi connectivity index (χ2n) is 8.06. The Bertz CT molecular complexity index is 593. The topological polar surface area (TPSA) is 79.1 Å². The molecule has 0 saturated carbocycles. The van der Waals surface area contributed by atoms with Crippen molar-refractivity contribution in [3.8, 4) is 0 Å². The van der Waals surface area contributed by atoms with Crippen LogP contribution in [0.25, 0.3) is 0 Å². The summed E-state index contributed by atoms with van der Waals surface area (Å²) in [7, 11) is 1.88. The lowest BCUT2D eigenvalue weighted by atomic mass is 10.1. The molecule has 1 unspecified atom stereocenters. The normalized spacial score (nSPS) is 17.6. The highest BCUT2D eigenvalue weighted by Gasteiger charge is 2.18. The first-order valence-electron chi connectivity index (χ1n) is 9.78. The van der Waals surface area contributed by atoms with Gasteiger partial charge in [0.05, 0.1) is 25.5 Å². The maximum absolute atomic E-state index is 12.3. The number of likely N-dealkylation sites (N-methyl/N-ethyl adjacent to an activating group) is 1. The zero-order chi connectivity index (χ0) is 19.7. The van der Waals surface area contributed by atoms with Gasteiger partial charge in [0.25, 0.3) is 0 Å². The Hall–Kier alpha value is -1.29. The SMILES string of the molecule is CN(CC(=O)NC(C)(C)C)C(=NCC1CCCCO1)NCCc1ccco1.I. The molecule has 2 rings (SSSR count). The number of halogens is 1. The summed E-state index contributed by atoms with van der Waals surface area (Å²) < 4.78 is 11.1. The predicted octanol–water partition coefficient (Wildman–Crippen LogP) is 2.80. The van der Waals surface area contributed by atoms with Crippen molar-refractivity contribution in [2.45, 2.75) is 58.1 Å². The monoisotopic (exact) mass is 506 g/mol. The quantitative estimate of drug-likeness (QED) is 0.338. The molecule has 1 aromatic heterocycles. The fraction of sp³-hybridized carbons (Fsp3) is 0.700. The van der Waals surface area contributed by atoms with E-state index in [2.05, 4.69) is 10.6 Å². The summed E-state index contributed by atoms with van der Waals surface area (Å²) in [5.74, 6) is 1.60. The van der Waals surface area contributed by atoms with Crippen LogP contribution < -0.4 is 10.6 Å². The lowest BCUT2D eigenvalue weighted by molar-refractivity contribution is -0.122. The van der Waals surface area contributed by atoms with Gasteiger partial charge in [0.1, 0.15) is 5.76 Å². The molecule has 7 nitrogen and oxygen atoms in total. The first-order valence-corrected chi connectivity index (χ1v) is 9.78. The highest BCUT2D eigenvalue weighted by molar-refractivity contribution is 14.0. The minimum atomic E-state index is -0.252. The fourth-order valence-corrected chi connectivity index (χ4v) is 2.95. The number of rotatable bonds is 7. The van der Waals surface area contributed by atoms with Crippen LogP contribution >= 0.6 is 24.0 Å². The van der Waals surface area contributed by atoms with E-state index in [0.717, 1.165) is 31.6 Å². The Kier molecular flexibility index (Phi) is 10.9. The first-order chi connectivity index (χ1) is 12.8. The van der Waals surface area contributed by atoms with Crippen LogP contribution in [0.1, 0.15) is 45.8 Å². The zero-order valence-electron chi connectivity index (χ0n) is 17.5. The number of furan rings is 1.